The van der Waals surface area contributed by atoms with Crippen molar-refractivity contribution < 1.29 is 5.11 Å². The van der Waals surface area contributed by atoms with Crippen LogP contribution < -0.4 is 0 Å². The molecule has 2 rings (SSSR count). The molecule has 0 bridgehead atoms. The third kappa shape index (κ3) is 1.04. The number of thioether (sulfide) groups is 1. The highest BCUT2D eigenvalue weighted by Gasteiger charge is 2.02. The molecule has 0 unspecified atom stereocenters. The molecule has 0 spiro atoms. The minimum Gasteiger partial charge on any atom is -0.504 e. The molecule has 0 amide bonds. The van der Waals surface area contributed by atoms with Crippen LogP contribution in [0.1, 0.15) is 0 Å². The molecule has 0 saturated heterocycles. The fourth-order valence-electron chi connectivity index (χ4n) is 1.09. The number of rotatable bonds is 1. The molecule has 2 aromatic heterocycles. The Hall–Kier alpha value is -1.16. The lowest BCUT2D eigenvalue weighted by molar-refractivity contribution is 0.453. The van der Waals surface area contributed by atoms with Gasteiger partial charge in [0.2, 0.25) is 0 Å². The number of aromatic nitrogens is 2. The van der Waals surface area contributed by atoms with Crippen LogP contribution in [0.15, 0.2) is 29.6 Å². The molecule has 1 N–H and O–H groups in total. The second kappa shape index (κ2) is 2.71. The van der Waals surface area contributed by atoms with Crippen molar-refractivity contribution in [2.45, 2.75) is 5.03 Å². The highest BCUT2D eigenvalue weighted by Crippen LogP contribution is 2.24. The highest BCUT2D eigenvalue weighted by atomic mass is 32.2. The second-order valence-electron chi connectivity index (χ2n) is 2.41. The van der Waals surface area contributed by atoms with Gasteiger partial charge in [0.05, 0.1) is 6.20 Å². The number of aromatic hydroxyl groups is 1. The Morgan fingerprint density at radius 3 is 3.17 bits per heavy atom. The first kappa shape index (κ1) is 7.49. The summed E-state index contributed by atoms with van der Waals surface area (Å²) in [4.78, 5) is 4.23. The van der Waals surface area contributed by atoms with Crippen molar-refractivity contribution in [1.29, 1.82) is 0 Å². The third-order valence-corrected chi connectivity index (χ3v) is 2.33. The molecule has 4 heteroatoms. The summed E-state index contributed by atoms with van der Waals surface area (Å²) in [6.07, 6.45) is 5.40. The molecular weight excluding hydrogens is 172 g/mol. The van der Waals surface area contributed by atoms with E-state index in [9.17, 15) is 5.11 Å². The van der Waals surface area contributed by atoms with Gasteiger partial charge in [0.25, 0.3) is 0 Å². The first-order valence-electron chi connectivity index (χ1n) is 3.52. The zero-order chi connectivity index (χ0) is 8.55. The smallest absolute Gasteiger partial charge is 0.164 e. The lowest BCUT2D eigenvalue weighted by atomic mass is 10.6. The number of hydrogen-bond donors (Lipinski definition) is 1. The van der Waals surface area contributed by atoms with Gasteiger partial charge in [0.15, 0.2) is 5.75 Å². The van der Waals surface area contributed by atoms with E-state index in [0.717, 1.165) is 5.65 Å². The van der Waals surface area contributed by atoms with Gasteiger partial charge in [-0.3, -0.25) is 0 Å². The first-order chi connectivity index (χ1) is 5.81. The van der Waals surface area contributed by atoms with Crippen LogP contribution in [0.3, 0.4) is 0 Å². The normalized spacial score (nSPS) is 10.8. The van der Waals surface area contributed by atoms with Crippen molar-refractivity contribution in [3.8, 4) is 5.75 Å². The summed E-state index contributed by atoms with van der Waals surface area (Å²) in [6.45, 7) is 0. The van der Waals surface area contributed by atoms with E-state index >= 15 is 0 Å². The topological polar surface area (TPSA) is 37.5 Å². The Morgan fingerprint density at radius 1 is 1.58 bits per heavy atom. The van der Waals surface area contributed by atoms with Crippen molar-refractivity contribution in [3.05, 3.63) is 24.5 Å². The standard InChI is InChI=1S/C8H8N2OS/c1-12-8-6(11)5-10-4-2-3-7(10)9-8/h2-5,11H,1H3. The predicted octanol–water partition coefficient (Wildman–Crippen LogP) is 1.76. The molecule has 0 fully saturated rings. The molecule has 0 saturated carbocycles. The summed E-state index contributed by atoms with van der Waals surface area (Å²) in [5.74, 6) is 0.228. The summed E-state index contributed by atoms with van der Waals surface area (Å²) in [7, 11) is 0. The lowest BCUT2D eigenvalue weighted by Crippen LogP contribution is -1.88. The number of nitrogens with zero attached hydrogens (tertiary/aromatic N) is 2. The Balaban J connectivity index is 2.73. The maximum atomic E-state index is 9.42. The summed E-state index contributed by atoms with van der Waals surface area (Å²) in [5.41, 5.74) is 0.858. The quantitative estimate of drug-likeness (QED) is 0.536. The van der Waals surface area contributed by atoms with Crippen molar-refractivity contribution >= 4 is 17.4 Å². The minimum atomic E-state index is 0.228. The van der Waals surface area contributed by atoms with Gasteiger partial charge in [0, 0.05) is 6.20 Å². The van der Waals surface area contributed by atoms with Crippen LogP contribution >= 0.6 is 11.8 Å². The molecule has 0 aliphatic heterocycles. The van der Waals surface area contributed by atoms with E-state index in [1.165, 1.54) is 11.8 Å². The fraction of sp³-hybridized carbons (Fsp3) is 0.125. The van der Waals surface area contributed by atoms with Gasteiger partial charge in [-0.2, -0.15) is 0 Å². The Labute approximate surface area is 74.1 Å². The summed E-state index contributed by atoms with van der Waals surface area (Å²) in [5, 5.41) is 10.1. The van der Waals surface area contributed by atoms with Gasteiger partial charge in [-0.25, -0.2) is 4.98 Å². The van der Waals surface area contributed by atoms with Crippen molar-refractivity contribution in [1.82, 2.24) is 9.38 Å². The van der Waals surface area contributed by atoms with E-state index in [4.69, 9.17) is 0 Å². The largest absolute Gasteiger partial charge is 0.504 e. The number of fused-ring (bicyclic) bond motifs is 1. The van der Waals surface area contributed by atoms with E-state index in [-0.39, 0.29) is 5.75 Å². The van der Waals surface area contributed by atoms with Crippen LogP contribution in [0.5, 0.6) is 5.75 Å². The van der Waals surface area contributed by atoms with E-state index < -0.39 is 0 Å². The average molecular weight is 180 g/mol. The molecule has 0 aliphatic rings. The molecule has 0 radical (unpaired) electrons. The Morgan fingerprint density at radius 2 is 2.42 bits per heavy atom. The Kier molecular flexibility index (Phi) is 1.69. The van der Waals surface area contributed by atoms with Crippen molar-refractivity contribution in [3.63, 3.8) is 0 Å². The van der Waals surface area contributed by atoms with E-state index in [2.05, 4.69) is 4.98 Å². The van der Waals surface area contributed by atoms with E-state index in [1.807, 2.05) is 24.6 Å². The van der Waals surface area contributed by atoms with Gasteiger partial charge >= 0.3 is 0 Å². The molecule has 2 aromatic rings. The van der Waals surface area contributed by atoms with Crippen LogP contribution in [0, 0.1) is 0 Å². The molecule has 62 valence electrons. The molecular formula is C8H8N2OS. The summed E-state index contributed by atoms with van der Waals surface area (Å²) in [6, 6.07) is 3.80. The van der Waals surface area contributed by atoms with Crippen LogP contribution in [-0.4, -0.2) is 20.7 Å². The monoisotopic (exact) mass is 180 g/mol. The minimum absolute atomic E-state index is 0.228. The van der Waals surface area contributed by atoms with Gasteiger partial charge in [0.1, 0.15) is 10.7 Å². The molecule has 3 nitrogen and oxygen atoms in total. The first-order valence-corrected chi connectivity index (χ1v) is 4.74. The zero-order valence-corrected chi connectivity index (χ0v) is 7.38. The molecule has 0 aliphatic carbocycles. The second-order valence-corrected chi connectivity index (χ2v) is 3.20. The lowest BCUT2D eigenvalue weighted by Gasteiger charge is -2.00. The van der Waals surface area contributed by atoms with Crippen LogP contribution in [-0.2, 0) is 0 Å². The Bertz CT molecular complexity index is 410. The van der Waals surface area contributed by atoms with Gasteiger partial charge in [-0.15, -0.1) is 11.8 Å². The third-order valence-electron chi connectivity index (χ3n) is 1.65. The summed E-state index contributed by atoms with van der Waals surface area (Å²) >= 11 is 1.44. The molecule has 0 aromatic carbocycles. The SMILES string of the molecule is CSc1nc2cccn2cc1O. The number of hydrogen-bond acceptors (Lipinski definition) is 3. The fourth-order valence-corrected chi connectivity index (χ4v) is 1.53. The van der Waals surface area contributed by atoms with Crippen molar-refractivity contribution in [2.75, 3.05) is 6.26 Å². The average Bonchev–Trinajstić information content (AvgIpc) is 2.49. The van der Waals surface area contributed by atoms with Crippen molar-refractivity contribution in [2.24, 2.45) is 0 Å². The summed E-state index contributed by atoms with van der Waals surface area (Å²) < 4.78 is 1.79. The maximum absolute atomic E-state index is 9.42. The maximum Gasteiger partial charge on any atom is 0.164 e. The van der Waals surface area contributed by atoms with Gasteiger partial charge in [-0.1, -0.05) is 0 Å². The van der Waals surface area contributed by atoms with E-state index in [1.54, 1.807) is 10.6 Å². The molecule has 2 heterocycles. The van der Waals surface area contributed by atoms with Gasteiger partial charge in [-0.05, 0) is 18.4 Å². The van der Waals surface area contributed by atoms with Crippen LogP contribution in [0.4, 0.5) is 0 Å². The molecule has 0 atom stereocenters. The van der Waals surface area contributed by atoms with Gasteiger partial charge < -0.3 is 9.51 Å². The highest BCUT2D eigenvalue weighted by molar-refractivity contribution is 7.98. The zero-order valence-electron chi connectivity index (χ0n) is 6.56. The molecule has 12 heavy (non-hydrogen) atoms. The van der Waals surface area contributed by atoms with E-state index in [0.29, 0.717) is 5.03 Å². The van der Waals surface area contributed by atoms with Crippen LogP contribution in [0.2, 0.25) is 0 Å². The van der Waals surface area contributed by atoms with Crippen LogP contribution in [0.25, 0.3) is 5.65 Å². The predicted molar refractivity (Wildman–Crippen MR) is 48.6 cm³/mol.